The molecular formula is C49H78N8O17. The second-order valence-electron chi connectivity index (χ2n) is 20.2. The molecule has 4 rings (SSSR count). The monoisotopic (exact) mass is 1050 g/mol. The topological polar surface area (TPSA) is 411 Å². The molecule has 1 aromatic carbocycles. The van der Waals surface area contributed by atoms with Crippen LogP contribution in [-0.4, -0.2) is 195 Å². The standard InChI is InChI=1S/C49H78N8O17/c1-5-24(2)19-25(3)11-9-7-6-8-10-12-36(65)51-30-21-34(63)45(70)55-47(72)40-32(61)17-18-56(40)49(74)38(33(62)22-35(50)64)53-46(71)39(42(67)41(66)27-13-15-28(59)16-14-27)54-44(69)31-20-29(60)23-57(31)48(73)37(26(4)58)52-43(30)68/h13-16,24-26,29-34,37-42,45,58-63,66-67,70H,5-12,17-23H2,1-4H3,(H2,50,64)(H,51,65)(H,52,68)(H,53,71)(H,54,69)(H,55,72)/t24?,25?,26-,29-,30+,31+,32+,33-,34-,37+,38+,39+,40+,41+,42+,45-/m1/s1. The predicted octanol–water partition coefficient (Wildman–Crippen LogP) is -3.73. The number of nitrogens with one attached hydrogen (secondary N) is 5. The average molecular weight is 1050 g/mol. The minimum absolute atomic E-state index is 0.0810. The number of hydrogen-bond donors (Lipinski definition) is 15. The Hall–Kier alpha value is -5.54. The van der Waals surface area contributed by atoms with Gasteiger partial charge in [-0.3, -0.25) is 38.4 Å². The van der Waals surface area contributed by atoms with Crippen LogP contribution in [-0.2, 0) is 38.4 Å². The van der Waals surface area contributed by atoms with Crippen LogP contribution in [0, 0.1) is 11.8 Å². The summed E-state index contributed by atoms with van der Waals surface area (Å²) in [6.07, 6.45) is -11.4. The molecule has 3 saturated heterocycles. The van der Waals surface area contributed by atoms with E-state index in [0.29, 0.717) is 29.6 Å². The van der Waals surface area contributed by atoms with E-state index in [9.17, 15) is 84.3 Å². The molecule has 3 heterocycles. The molecule has 25 heteroatoms. The number of carbonyl (C=O) groups is 8. The first-order valence-corrected chi connectivity index (χ1v) is 25.5. The van der Waals surface area contributed by atoms with Gasteiger partial charge in [0, 0.05) is 32.4 Å². The Kier molecular flexibility index (Phi) is 23.4. The Morgan fingerprint density at radius 1 is 0.730 bits per heavy atom. The molecule has 16 atom stereocenters. The highest BCUT2D eigenvalue weighted by Gasteiger charge is 2.49. The second kappa shape index (κ2) is 28.4. The van der Waals surface area contributed by atoms with Crippen LogP contribution in [0.2, 0.25) is 0 Å². The molecule has 0 aromatic heterocycles. The van der Waals surface area contributed by atoms with E-state index < -0.39 is 165 Å². The number of phenolic OH excluding ortho intramolecular Hbond substituents is 1. The number of nitrogens with zero attached hydrogens (tertiary/aromatic N) is 2. The number of rotatable bonds is 19. The van der Waals surface area contributed by atoms with Crippen LogP contribution in [0.3, 0.4) is 0 Å². The summed E-state index contributed by atoms with van der Waals surface area (Å²) >= 11 is 0. The van der Waals surface area contributed by atoms with Crippen molar-refractivity contribution in [3.05, 3.63) is 29.8 Å². The Labute approximate surface area is 429 Å². The molecular weight excluding hydrogens is 973 g/mol. The number of aliphatic hydroxyl groups is 8. The van der Waals surface area contributed by atoms with Crippen molar-refractivity contribution in [3.63, 3.8) is 0 Å². The highest BCUT2D eigenvalue weighted by molar-refractivity contribution is 5.98. The maximum Gasteiger partial charge on any atom is 0.248 e. The maximum atomic E-state index is 14.4. The largest absolute Gasteiger partial charge is 0.508 e. The Morgan fingerprint density at radius 3 is 1.97 bits per heavy atom. The average Bonchev–Trinajstić information content (AvgIpc) is 3.94. The lowest BCUT2D eigenvalue weighted by Gasteiger charge is -2.34. The molecule has 3 fully saturated rings. The van der Waals surface area contributed by atoms with Crippen LogP contribution in [0.4, 0.5) is 0 Å². The smallest absolute Gasteiger partial charge is 0.248 e. The van der Waals surface area contributed by atoms with Crippen LogP contribution < -0.4 is 32.3 Å². The summed E-state index contributed by atoms with van der Waals surface area (Å²) in [5, 5.41) is 110. The maximum absolute atomic E-state index is 14.4. The zero-order valence-corrected chi connectivity index (χ0v) is 42.4. The van der Waals surface area contributed by atoms with Gasteiger partial charge in [0.1, 0.15) is 60.3 Å². The van der Waals surface area contributed by atoms with Crippen molar-refractivity contribution in [2.24, 2.45) is 17.6 Å². The summed E-state index contributed by atoms with van der Waals surface area (Å²) in [6, 6.07) is -7.38. The Balaban J connectivity index is 1.71. The van der Waals surface area contributed by atoms with Gasteiger partial charge in [0.25, 0.3) is 0 Å². The summed E-state index contributed by atoms with van der Waals surface area (Å²) in [7, 11) is 0. The molecule has 25 nitrogen and oxygen atoms in total. The lowest BCUT2D eigenvalue weighted by Crippen LogP contribution is -2.64. The number of fused-ring (bicyclic) bond motifs is 2. The molecule has 2 unspecified atom stereocenters. The van der Waals surface area contributed by atoms with Gasteiger partial charge >= 0.3 is 0 Å². The fourth-order valence-corrected chi connectivity index (χ4v) is 9.62. The van der Waals surface area contributed by atoms with Gasteiger partial charge in [-0.25, -0.2) is 0 Å². The predicted molar refractivity (Wildman–Crippen MR) is 261 cm³/mol. The number of carbonyl (C=O) groups excluding carboxylic acids is 8. The number of unbranched alkanes of at least 4 members (excludes halogenated alkanes) is 4. The van der Waals surface area contributed by atoms with E-state index in [2.05, 4.69) is 47.4 Å². The number of aliphatic hydroxyl groups excluding tert-OH is 8. The van der Waals surface area contributed by atoms with E-state index in [1.54, 1.807) is 0 Å². The molecule has 3 aliphatic heterocycles. The summed E-state index contributed by atoms with van der Waals surface area (Å²) in [4.78, 5) is 112. The number of benzene rings is 1. The van der Waals surface area contributed by atoms with Crippen molar-refractivity contribution in [1.82, 2.24) is 36.4 Å². The minimum Gasteiger partial charge on any atom is -0.508 e. The zero-order chi connectivity index (χ0) is 55.1. The molecule has 1 aromatic rings. The fourth-order valence-electron chi connectivity index (χ4n) is 9.62. The van der Waals surface area contributed by atoms with Gasteiger partial charge in [0.15, 0.2) is 6.23 Å². The lowest BCUT2D eigenvalue weighted by atomic mass is 9.91. The van der Waals surface area contributed by atoms with Crippen molar-refractivity contribution in [2.75, 3.05) is 13.1 Å². The van der Waals surface area contributed by atoms with Crippen LogP contribution >= 0.6 is 0 Å². The van der Waals surface area contributed by atoms with Crippen LogP contribution in [0.25, 0.3) is 0 Å². The Morgan fingerprint density at radius 2 is 1.34 bits per heavy atom. The molecule has 0 saturated carbocycles. The first-order chi connectivity index (χ1) is 34.8. The molecule has 3 aliphatic rings. The second-order valence-corrected chi connectivity index (χ2v) is 20.2. The highest BCUT2D eigenvalue weighted by Crippen LogP contribution is 2.27. The van der Waals surface area contributed by atoms with E-state index in [-0.39, 0.29) is 24.2 Å². The van der Waals surface area contributed by atoms with Crippen molar-refractivity contribution < 1.29 is 84.3 Å². The minimum atomic E-state index is -2.36. The van der Waals surface area contributed by atoms with Crippen molar-refractivity contribution in [3.8, 4) is 5.75 Å². The Bertz CT molecular complexity index is 2080. The summed E-state index contributed by atoms with van der Waals surface area (Å²) in [5.74, 6) is -8.66. The molecule has 0 spiro atoms. The summed E-state index contributed by atoms with van der Waals surface area (Å²) in [5.41, 5.74) is 5.21. The molecule has 74 heavy (non-hydrogen) atoms. The van der Waals surface area contributed by atoms with E-state index in [4.69, 9.17) is 5.73 Å². The number of primary amides is 1. The van der Waals surface area contributed by atoms with Crippen LogP contribution in [0.15, 0.2) is 24.3 Å². The van der Waals surface area contributed by atoms with E-state index in [1.807, 2.05) is 0 Å². The van der Waals surface area contributed by atoms with Crippen molar-refractivity contribution in [2.45, 2.75) is 196 Å². The fraction of sp³-hybridized carbons (Fsp3) is 0.714. The van der Waals surface area contributed by atoms with Gasteiger partial charge in [-0.2, -0.15) is 0 Å². The molecule has 16 N–H and O–H groups in total. The van der Waals surface area contributed by atoms with Crippen LogP contribution in [0.5, 0.6) is 5.75 Å². The molecule has 0 bridgehead atoms. The molecule has 0 aliphatic carbocycles. The van der Waals surface area contributed by atoms with Crippen molar-refractivity contribution in [1.29, 1.82) is 0 Å². The van der Waals surface area contributed by atoms with Gasteiger partial charge in [-0.15, -0.1) is 0 Å². The molecule has 0 radical (unpaired) electrons. The summed E-state index contributed by atoms with van der Waals surface area (Å²) in [6.45, 7) is 6.70. The first kappa shape index (κ1) is 61.0. The van der Waals surface area contributed by atoms with E-state index >= 15 is 0 Å². The number of phenols is 1. The number of amides is 8. The van der Waals surface area contributed by atoms with Crippen molar-refractivity contribution >= 4 is 47.3 Å². The van der Waals surface area contributed by atoms with Crippen LogP contribution in [0.1, 0.15) is 123 Å². The third kappa shape index (κ3) is 17.0. The van der Waals surface area contributed by atoms with E-state index in [1.165, 1.54) is 0 Å². The third-order valence-electron chi connectivity index (χ3n) is 14.1. The van der Waals surface area contributed by atoms with Gasteiger partial charge in [-0.1, -0.05) is 71.4 Å². The van der Waals surface area contributed by atoms with E-state index in [0.717, 1.165) is 74.6 Å². The SMILES string of the molecule is CCC(C)CC(C)CCCCCCCC(=O)N[C@H]1C[C@@H](O)[C@@H](O)NC(=O)[C@@H]2[C@@H](O)CCN2C(=O)[C@H]([C@H](O)CC(N)=O)NC(=O)[C@H]([C@H](O)[C@@H](O)c2ccc(O)cc2)NC(=O)[C@@H]2C[C@@H](O)CN2C(=O)[C@H]([C@@H](C)O)NC1=O. The molecule has 8 amide bonds. The number of aromatic hydroxyl groups is 1. The molecule has 416 valence electrons. The number of hydrogen-bond acceptors (Lipinski definition) is 17. The van der Waals surface area contributed by atoms with Gasteiger partial charge in [0.05, 0.1) is 30.8 Å². The van der Waals surface area contributed by atoms with Gasteiger partial charge in [0.2, 0.25) is 47.3 Å². The number of nitrogens with two attached hydrogens (primary N) is 1. The lowest BCUT2D eigenvalue weighted by molar-refractivity contribution is -0.149. The van der Waals surface area contributed by atoms with Gasteiger partial charge in [-0.05, 0) is 55.7 Å². The third-order valence-corrected chi connectivity index (χ3v) is 14.1. The summed E-state index contributed by atoms with van der Waals surface area (Å²) < 4.78 is 0. The zero-order valence-electron chi connectivity index (χ0n) is 42.4. The normalized spacial score (nSPS) is 29.2. The first-order valence-electron chi connectivity index (χ1n) is 25.5. The van der Waals surface area contributed by atoms with Gasteiger partial charge < -0.3 is 88.1 Å². The highest BCUT2D eigenvalue weighted by atomic mass is 16.3. The quantitative estimate of drug-likeness (QED) is 0.0592.